The van der Waals surface area contributed by atoms with Gasteiger partial charge in [0, 0.05) is 13.1 Å². The minimum atomic E-state index is -0.733. The van der Waals surface area contributed by atoms with Gasteiger partial charge in [0.15, 0.2) is 0 Å². The summed E-state index contributed by atoms with van der Waals surface area (Å²) in [5.74, 6) is -0.0381. The molecule has 0 unspecified atom stereocenters. The summed E-state index contributed by atoms with van der Waals surface area (Å²) in [6.45, 7) is 3.91. The number of carbonyl (C=O) groups is 1. The minimum absolute atomic E-state index is 0.0381. The van der Waals surface area contributed by atoms with Crippen molar-refractivity contribution in [3.05, 3.63) is 0 Å². The van der Waals surface area contributed by atoms with Crippen LogP contribution in [0.5, 0.6) is 0 Å². The van der Waals surface area contributed by atoms with E-state index in [1.807, 2.05) is 0 Å². The van der Waals surface area contributed by atoms with Crippen molar-refractivity contribution in [1.82, 2.24) is 10.2 Å². The van der Waals surface area contributed by atoms with Crippen molar-refractivity contribution in [1.29, 1.82) is 5.26 Å². The summed E-state index contributed by atoms with van der Waals surface area (Å²) in [5.41, 5.74) is -0.733. The molecular formula is C14H23N3O. The van der Waals surface area contributed by atoms with Crippen molar-refractivity contribution in [2.45, 2.75) is 44.9 Å². The molecule has 2 rings (SSSR count). The van der Waals surface area contributed by atoms with E-state index in [-0.39, 0.29) is 5.91 Å². The number of likely N-dealkylation sites (tertiary alicyclic amines) is 1. The van der Waals surface area contributed by atoms with E-state index in [9.17, 15) is 10.1 Å². The van der Waals surface area contributed by atoms with Gasteiger partial charge in [-0.3, -0.25) is 4.79 Å². The molecule has 1 saturated carbocycles. The van der Waals surface area contributed by atoms with Crippen molar-refractivity contribution in [2.24, 2.45) is 5.41 Å². The van der Waals surface area contributed by atoms with Crippen molar-refractivity contribution in [3.8, 4) is 6.07 Å². The Kier molecular flexibility index (Phi) is 4.60. The zero-order valence-corrected chi connectivity index (χ0v) is 11.1. The highest BCUT2D eigenvalue weighted by molar-refractivity contribution is 5.85. The van der Waals surface area contributed by atoms with Crippen LogP contribution in [0.3, 0.4) is 0 Å². The van der Waals surface area contributed by atoms with E-state index in [4.69, 9.17) is 0 Å². The molecule has 4 nitrogen and oxygen atoms in total. The molecular weight excluding hydrogens is 226 g/mol. The molecule has 0 radical (unpaired) electrons. The first-order valence-corrected chi connectivity index (χ1v) is 7.19. The van der Waals surface area contributed by atoms with Gasteiger partial charge < -0.3 is 10.2 Å². The van der Waals surface area contributed by atoms with Gasteiger partial charge in [-0.15, -0.1) is 0 Å². The molecule has 1 amide bonds. The van der Waals surface area contributed by atoms with E-state index in [0.29, 0.717) is 6.54 Å². The average molecular weight is 249 g/mol. The van der Waals surface area contributed by atoms with E-state index < -0.39 is 5.41 Å². The van der Waals surface area contributed by atoms with Gasteiger partial charge in [0.2, 0.25) is 5.91 Å². The second-order valence-corrected chi connectivity index (χ2v) is 5.56. The highest BCUT2D eigenvalue weighted by Crippen LogP contribution is 2.35. The number of nitrogens with zero attached hydrogens (tertiary/aromatic N) is 2. The zero-order valence-electron chi connectivity index (χ0n) is 11.1. The van der Waals surface area contributed by atoms with Crippen LogP contribution in [0.15, 0.2) is 0 Å². The molecule has 1 aliphatic carbocycles. The van der Waals surface area contributed by atoms with Gasteiger partial charge in [-0.25, -0.2) is 0 Å². The van der Waals surface area contributed by atoms with Gasteiger partial charge in [-0.1, -0.05) is 19.3 Å². The molecule has 0 atom stereocenters. The Labute approximate surface area is 109 Å². The number of hydrogen-bond donors (Lipinski definition) is 1. The summed E-state index contributed by atoms with van der Waals surface area (Å²) in [7, 11) is 0. The molecule has 100 valence electrons. The molecule has 2 fully saturated rings. The normalized spacial score (nSPS) is 23.5. The van der Waals surface area contributed by atoms with Gasteiger partial charge in [0.1, 0.15) is 5.41 Å². The van der Waals surface area contributed by atoms with E-state index in [2.05, 4.69) is 16.3 Å². The molecule has 0 spiro atoms. The predicted octanol–water partition coefficient (Wildman–Crippen LogP) is 1.67. The van der Waals surface area contributed by atoms with Crippen LogP contribution in [0.4, 0.5) is 0 Å². The van der Waals surface area contributed by atoms with Crippen LogP contribution in [0.25, 0.3) is 0 Å². The Hall–Kier alpha value is -1.08. The standard InChI is InChI=1S/C14H23N3O/c15-12-14(6-2-1-3-7-14)13(18)16-8-11-17-9-4-5-10-17/h1-11H2,(H,16,18). The van der Waals surface area contributed by atoms with Crippen LogP contribution in [0.1, 0.15) is 44.9 Å². The molecule has 1 saturated heterocycles. The average Bonchev–Trinajstić information content (AvgIpc) is 2.92. The summed E-state index contributed by atoms with van der Waals surface area (Å²) in [4.78, 5) is 14.5. The molecule has 18 heavy (non-hydrogen) atoms. The Bertz CT molecular complexity index is 322. The van der Waals surface area contributed by atoms with Gasteiger partial charge >= 0.3 is 0 Å². The first-order chi connectivity index (χ1) is 8.77. The predicted molar refractivity (Wildman–Crippen MR) is 69.8 cm³/mol. The molecule has 4 heteroatoms. The number of amides is 1. The maximum atomic E-state index is 12.2. The minimum Gasteiger partial charge on any atom is -0.353 e. The molecule has 2 aliphatic rings. The van der Waals surface area contributed by atoms with Crippen molar-refractivity contribution in [2.75, 3.05) is 26.2 Å². The number of nitriles is 1. The van der Waals surface area contributed by atoms with Gasteiger partial charge in [-0.05, 0) is 38.8 Å². The summed E-state index contributed by atoms with van der Waals surface area (Å²) in [5, 5.41) is 12.3. The number of nitrogens with one attached hydrogen (secondary N) is 1. The van der Waals surface area contributed by atoms with E-state index in [1.54, 1.807) is 0 Å². The van der Waals surface area contributed by atoms with Crippen molar-refractivity contribution < 1.29 is 4.79 Å². The van der Waals surface area contributed by atoms with Crippen LogP contribution in [-0.4, -0.2) is 37.0 Å². The Morgan fingerprint density at radius 3 is 2.44 bits per heavy atom. The second kappa shape index (κ2) is 6.19. The summed E-state index contributed by atoms with van der Waals surface area (Å²) in [6, 6.07) is 2.27. The molecule has 0 aromatic rings. The molecule has 1 heterocycles. The van der Waals surface area contributed by atoms with Crippen LogP contribution < -0.4 is 5.32 Å². The molecule has 0 aromatic carbocycles. The molecule has 0 aromatic heterocycles. The topological polar surface area (TPSA) is 56.1 Å². The van der Waals surface area contributed by atoms with E-state index >= 15 is 0 Å². The fourth-order valence-electron chi connectivity index (χ4n) is 3.05. The Morgan fingerprint density at radius 1 is 1.17 bits per heavy atom. The van der Waals surface area contributed by atoms with Crippen LogP contribution >= 0.6 is 0 Å². The summed E-state index contributed by atoms with van der Waals surface area (Å²) in [6.07, 6.45) is 7.19. The van der Waals surface area contributed by atoms with Crippen LogP contribution in [-0.2, 0) is 4.79 Å². The lowest BCUT2D eigenvalue weighted by Gasteiger charge is -2.29. The lowest BCUT2D eigenvalue weighted by atomic mass is 9.74. The number of rotatable bonds is 4. The first kappa shape index (κ1) is 13.4. The van der Waals surface area contributed by atoms with Crippen molar-refractivity contribution in [3.63, 3.8) is 0 Å². The highest BCUT2D eigenvalue weighted by atomic mass is 16.2. The Balaban J connectivity index is 1.77. The third-order valence-electron chi connectivity index (χ3n) is 4.27. The first-order valence-electron chi connectivity index (χ1n) is 7.19. The third kappa shape index (κ3) is 3.02. The number of hydrogen-bond acceptors (Lipinski definition) is 3. The lowest BCUT2D eigenvalue weighted by molar-refractivity contribution is -0.129. The molecule has 0 bridgehead atoms. The lowest BCUT2D eigenvalue weighted by Crippen LogP contribution is -2.44. The van der Waals surface area contributed by atoms with Crippen molar-refractivity contribution >= 4 is 5.91 Å². The fourth-order valence-corrected chi connectivity index (χ4v) is 3.05. The summed E-state index contributed by atoms with van der Waals surface area (Å²) < 4.78 is 0. The highest BCUT2D eigenvalue weighted by Gasteiger charge is 2.39. The van der Waals surface area contributed by atoms with E-state index in [1.165, 1.54) is 12.8 Å². The Morgan fingerprint density at radius 2 is 1.83 bits per heavy atom. The maximum Gasteiger partial charge on any atom is 0.240 e. The quantitative estimate of drug-likeness (QED) is 0.824. The number of carbonyl (C=O) groups excluding carboxylic acids is 1. The monoisotopic (exact) mass is 249 g/mol. The molecule has 1 N–H and O–H groups in total. The van der Waals surface area contributed by atoms with E-state index in [0.717, 1.165) is 51.7 Å². The third-order valence-corrected chi connectivity index (χ3v) is 4.27. The molecule has 1 aliphatic heterocycles. The van der Waals surface area contributed by atoms with Gasteiger partial charge in [0.25, 0.3) is 0 Å². The van der Waals surface area contributed by atoms with Crippen LogP contribution in [0, 0.1) is 16.7 Å². The van der Waals surface area contributed by atoms with Gasteiger partial charge in [-0.2, -0.15) is 5.26 Å². The largest absolute Gasteiger partial charge is 0.353 e. The SMILES string of the molecule is N#CC1(C(=O)NCCN2CCCC2)CCCCC1. The fraction of sp³-hybridized carbons (Fsp3) is 0.857. The zero-order chi connectivity index (χ0) is 12.8. The second-order valence-electron chi connectivity index (χ2n) is 5.56. The van der Waals surface area contributed by atoms with Gasteiger partial charge in [0.05, 0.1) is 6.07 Å². The maximum absolute atomic E-state index is 12.2. The smallest absolute Gasteiger partial charge is 0.240 e. The summed E-state index contributed by atoms with van der Waals surface area (Å²) >= 11 is 0. The van der Waals surface area contributed by atoms with Crippen LogP contribution in [0.2, 0.25) is 0 Å².